The van der Waals surface area contributed by atoms with Crippen LogP contribution >= 0.6 is 15.9 Å². The van der Waals surface area contributed by atoms with Crippen molar-refractivity contribution >= 4 is 33.5 Å². The molecule has 0 aliphatic carbocycles. The quantitative estimate of drug-likeness (QED) is 0.647. The van der Waals surface area contributed by atoms with Gasteiger partial charge >= 0.3 is 29.6 Å². The maximum absolute atomic E-state index is 11.5. The number of carboxylic acids is 1. The van der Waals surface area contributed by atoms with Gasteiger partial charge in [0.05, 0.1) is 10.6 Å². The van der Waals surface area contributed by atoms with Gasteiger partial charge in [-0.2, -0.15) is 0 Å². The number of hydrogen-bond acceptors (Lipinski definition) is 4. The van der Waals surface area contributed by atoms with Crippen LogP contribution in [-0.4, -0.2) is 18.0 Å². The summed E-state index contributed by atoms with van der Waals surface area (Å²) >= 11 is 3.35. The predicted octanol–water partition coefficient (Wildman–Crippen LogP) is -1.29. The van der Waals surface area contributed by atoms with Crippen molar-refractivity contribution in [3.8, 4) is 5.75 Å². The summed E-state index contributed by atoms with van der Waals surface area (Å²) in [5, 5.41) is 12.9. The molecule has 0 unspecified atom stereocenters. The summed E-state index contributed by atoms with van der Waals surface area (Å²) in [5.74, 6) is -0.996. The topological polar surface area (TPSA) is 78.5 Å². The van der Waals surface area contributed by atoms with Crippen molar-refractivity contribution < 1.29 is 49.0 Å². The largest absolute Gasteiger partial charge is 1.00 e. The molecule has 1 aromatic carbocycles. The third-order valence-corrected chi connectivity index (χ3v) is 2.79. The third kappa shape index (κ3) is 7.28. The molecule has 1 aromatic rings. The number of amides is 1. The molecule has 5 nitrogen and oxygen atoms in total. The first-order chi connectivity index (χ1) is 8.88. The average Bonchev–Trinajstić information content (AvgIpc) is 2.30. The number of hydrogen-bond donors (Lipinski definition) is 1. The number of aliphatic carboxylic acids is 1. The molecule has 20 heavy (non-hydrogen) atoms. The number of carbonyl (C=O) groups is 2. The van der Waals surface area contributed by atoms with Gasteiger partial charge < -0.3 is 20.0 Å². The van der Waals surface area contributed by atoms with Crippen LogP contribution in [0.15, 0.2) is 22.7 Å². The molecule has 7 heteroatoms. The van der Waals surface area contributed by atoms with Gasteiger partial charge in [-0.1, -0.05) is 0 Å². The maximum Gasteiger partial charge on any atom is 1.00 e. The van der Waals surface area contributed by atoms with Crippen LogP contribution in [0.4, 0.5) is 5.69 Å². The van der Waals surface area contributed by atoms with E-state index in [1.165, 1.54) is 0 Å². The van der Waals surface area contributed by atoms with Crippen LogP contribution in [0, 0.1) is 0 Å². The van der Waals surface area contributed by atoms with Crippen molar-refractivity contribution in [3.63, 3.8) is 0 Å². The zero-order valence-electron chi connectivity index (χ0n) is 11.7. The zero-order chi connectivity index (χ0) is 14.4. The van der Waals surface area contributed by atoms with E-state index in [-0.39, 0.29) is 54.4 Å². The molecule has 1 amide bonds. The summed E-state index contributed by atoms with van der Waals surface area (Å²) in [5.41, 5.74) is 0.558. The van der Waals surface area contributed by atoms with E-state index >= 15 is 0 Å². The summed E-state index contributed by atoms with van der Waals surface area (Å²) in [6.45, 7) is 3.80. The molecule has 0 saturated heterocycles. The molecule has 0 radical (unpaired) electrons. The molecule has 0 bridgehead atoms. The fraction of sp³-hybridized carbons (Fsp3) is 0.385. The standard InChI is InChI=1S/C13H16BrNO4.Na/c1-8(2)19-11-7-9(3-4-10(11)14)15-12(16)5-6-13(17)18;/h3-4,7-8H,5-6H2,1-2H3,(H,15,16)(H,17,18);/q;+1/p-1. The second-order valence-electron chi connectivity index (χ2n) is 4.23. The summed E-state index contributed by atoms with van der Waals surface area (Å²) in [7, 11) is 0. The van der Waals surface area contributed by atoms with Gasteiger partial charge in [0.1, 0.15) is 5.75 Å². The predicted molar refractivity (Wildman–Crippen MR) is 72.8 cm³/mol. The normalized spacial score (nSPS) is 9.80. The molecule has 0 heterocycles. The molecular weight excluding hydrogens is 337 g/mol. The van der Waals surface area contributed by atoms with Gasteiger partial charge in [0.2, 0.25) is 5.91 Å². The summed E-state index contributed by atoms with van der Waals surface area (Å²) in [6, 6.07) is 5.14. The molecular formula is C13H15BrNNaO4. The first kappa shape index (κ1) is 19.4. The molecule has 0 fully saturated rings. The Balaban J connectivity index is 0.00000361. The number of rotatable bonds is 6. The molecule has 1 N–H and O–H groups in total. The smallest absolute Gasteiger partial charge is 0.550 e. The van der Waals surface area contributed by atoms with Crippen molar-refractivity contribution in [2.75, 3.05) is 5.32 Å². The maximum atomic E-state index is 11.5. The van der Waals surface area contributed by atoms with Gasteiger partial charge in [-0.3, -0.25) is 4.79 Å². The van der Waals surface area contributed by atoms with Crippen LogP contribution in [0.2, 0.25) is 0 Å². The third-order valence-electron chi connectivity index (χ3n) is 2.13. The monoisotopic (exact) mass is 351 g/mol. The number of nitrogens with one attached hydrogen (secondary N) is 1. The number of ether oxygens (including phenoxy) is 1. The van der Waals surface area contributed by atoms with E-state index in [1.807, 2.05) is 13.8 Å². The van der Waals surface area contributed by atoms with E-state index in [2.05, 4.69) is 21.2 Å². The second kappa shape index (κ2) is 9.39. The van der Waals surface area contributed by atoms with Crippen LogP contribution in [0.3, 0.4) is 0 Å². The Kier molecular flexibility index (Phi) is 9.13. The number of benzene rings is 1. The fourth-order valence-corrected chi connectivity index (χ4v) is 1.70. The van der Waals surface area contributed by atoms with Gasteiger partial charge in [0.15, 0.2) is 0 Å². The number of halogens is 1. The molecule has 0 aliphatic rings. The summed E-state index contributed by atoms with van der Waals surface area (Å²) < 4.78 is 6.35. The molecule has 0 saturated carbocycles. The Morgan fingerprint density at radius 3 is 2.55 bits per heavy atom. The zero-order valence-corrected chi connectivity index (χ0v) is 15.3. The van der Waals surface area contributed by atoms with Crippen molar-refractivity contribution in [2.45, 2.75) is 32.8 Å². The van der Waals surface area contributed by atoms with Crippen LogP contribution < -0.4 is 44.7 Å². The first-order valence-electron chi connectivity index (χ1n) is 5.84. The molecule has 1 rings (SSSR count). The Bertz CT molecular complexity index is 479. The van der Waals surface area contributed by atoms with Gasteiger partial charge in [-0.05, 0) is 48.3 Å². The van der Waals surface area contributed by atoms with Crippen LogP contribution in [-0.2, 0) is 9.59 Å². The van der Waals surface area contributed by atoms with Gasteiger partial charge in [0.25, 0.3) is 0 Å². The molecule has 0 aromatic heterocycles. The van der Waals surface area contributed by atoms with E-state index < -0.39 is 5.97 Å². The Morgan fingerprint density at radius 1 is 1.35 bits per heavy atom. The van der Waals surface area contributed by atoms with E-state index in [1.54, 1.807) is 18.2 Å². The van der Waals surface area contributed by atoms with Crippen LogP contribution in [0.1, 0.15) is 26.7 Å². The minimum absolute atomic E-state index is 0. The van der Waals surface area contributed by atoms with E-state index in [4.69, 9.17) is 4.74 Å². The number of carboxylic acid groups (broad SMARTS) is 1. The average molecular weight is 352 g/mol. The Labute approximate surface area is 148 Å². The van der Waals surface area contributed by atoms with Gasteiger partial charge in [-0.15, -0.1) is 0 Å². The van der Waals surface area contributed by atoms with E-state index in [0.717, 1.165) is 4.47 Å². The molecule has 0 spiro atoms. The van der Waals surface area contributed by atoms with Crippen LogP contribution in [0.25, 0.3) is 0 Å². The van der Waals surface area contributed by atoms with Crippen molar-refractivity contribution in [3.05, 3.63) is 22.7 Å². The SMILES string of the molecule is CC(C)Oc1cc(NC(=O)CCC(=O)[O-])ccc1Br.[Na+]. The van der Waals surface area contributed by atoms with Crippen LogP contribution in [0.5, 0.6) is 5.75 Å². The van der Waals surface area contributed by atoms with Gasteiger partial charge in [-0.25, -0.2) is 0 Å². The summed E-state index contributed by atoms with van der Waals surface area (Å²) in [6.07, 6.45) is -0.392. The summed E-state index contributed by atoms with van der Waals surface area (Å²) in [4.78, 5) is 21.7. The fourth-order valence-electron chi connectivity index (χ4n) is 1.36. The second-order valence-corrected chi connectivity index (χ2v) is 5.09. The van der Waals surface area contributed by atoms with Gasteiger partial charge in [0, 0.05) is 24.1 Å². The first-order valence-corrected chi connectivity index (χ1v) is 6.63. The van der Waals surface area contributed by atoms with Crippen molar-refractivity contribution in [1.82, 2.24) is 0 Å². The van der Waals surface area contributed by atoms with E-state index in [9.17, 15) is 14.7 Å². The minimum atomic E-state index is -1.24. The van der Waals surface area contributed by atoms with E-state index in [0.29, 0.717) is 11.4 Å². The molecule has 104 valence electrons. The molecule has 0 aliphatic heterocycles. The Hall–Kier alpha value is -0.560. The number of anilines is 1. The minimum Gasteiger partial charge on any atom is -0.550 e. The van der Waals surface area contributed by atoms with Crippen molar-refractivity contribution in [1.29, 1.82) is 0 Å². The Morgan fingerprint density at radius 2 is 2.00 bits per heavy atom. The number of carbonyl (C=O) groups excluding carboxylic acids is 2. The van der Waals surface area contributed by atoms with Crippen molar-refractivity contribution in [2.24, 2.45) is 0 Å². The molecule has 0 atom stereocenters.